The van der Waals surface area contributed by atoms with E-state index in [0.29, 0.717) is 5.91 Å². The molecule has 1 atom stereocenters. The molecular weight excluding hydrogens is 176 g/mol. The molecule has 1 amide bonds. The molecule has 0 spiro atoms. The molecule has 0 radical (unpaired) electrons. The molecule has 0 bridgehead atoms. The third-order valence-corrected chi connectivity index (χ3v) is 3.16. The zero-order valence-corrected chi connectivity index (χ0v) is 8.75. The largest absolute Gasteiger partial charge is 0.338 e. The van der Waals surface area contributed by atoms with Gasteiger partial charge in [-0.15, -0.1) is 0 Å². The molecule has 2 heterocycles. The maximum atomic E-state index is 12.0. The van der Waals surface area contributed by atoms with Gasteiger partial charge in [0.15, 0.2) is 0 Å². The molecule has 0 aromatic heterocycles. The molecule has 1 unspecified atom stereocenters. The smallest absolute Gasteiger partial charge is 0.227 e. The highest BCUT2D eigenvalue weighted by Crippen LogP contribution is 2.16. The maximum Gasteiger partial charge on any atom is 0.227 e. The summed E-state index contributed by atoms with van der Waals surface area (Å²) in [7, 11) is 0. The Morgan fingerprint density at radius 1 is 1.64 bits per heavy atom. The van der Waals surface area contributed by atoms with Crippen LogP contribution in [0.2, 0.25) is 0 Å². The molecule has 0 saturated carbocycles. The predicted octanol–water partition coefficient (Wildman–Crippen LogP) is 0.774. The SMILES string of the molecule is CC1=CCN(C(=O)C2CCNC2)CC1. The number of nitrogens with one attached hydrogen (secondary N) is 1. The summed E-state index contributed by atoms with van der Waals surface area (Å²) in [6.07, 6.45) is 4.23. The van der Waals surface area contributed by atoms with E-state index >= 15 is 0 Å². The van der Waals surface area contributed by atoms with Crippen LogP contribution in [0.15, 0.2) is 11.6 Å². The van der Waals surface area contributed by atoms with Gasteiger partial charge in [-0.3, -0.25) is 4.79 Å². The Balaban J connectivity index is 1.92. The van der Waals surface area contributed by atoms with Crippen molar-refractivity contribution in [3.63, 3.8) is 0 Å². The van der Waals surface area contributed by atoms with Gasteiger partial charge in [0.1, 0.15) is 0 Å². The van der Waals surface area contributed by atoms with Gasteiger partial charge in [0, 0.05) is 19.6 Å². The summed E-state index contributed by atoms with van der Waals surface area (Å²) in [5.74, 6) is 0.584. The van der Waals surface area contributed by atoms with Gasteiger partial charge in [-0.1, -0.05) is 11.6 Å². The molecular formula is C11H18N2O. The zero-order valence-electron chi connectivity index (χ0n) is 8.75. The molecule has 3 heteroatoms. The van der Waals surface area contributed by atoms with E-state index in [9.17, 15) is 4.79 Å². The predicted molar refractivity (Wildman–Crippen MR) is 55.9 cm³/mol. The summed E-state index contributed by atoms with van der Waals surface area (Å²) in [5.41, 5.74) is 1.42. The Kier molecular flexibility index (Phi) is 2.87. The number of nitrogens with zero attached hydrogens (tertiary/aromatic N) is 1. The van der Waals surface area contributed by atoms with Crippen molar-refractivity contribution in [2.45, 2.75) is 19.8 Å². The summed E-state index contributed by atoms with van der Waals surface area (Å²) in [4.78, 5) is 14.0. The first-order valence-electron chi connectivity index (χ1n) is 5.42. The molecule has 1 fully saturated rings. The second-order valence-electron chi connectivity index (χ2n) is 4.27. The second kappa shape index (κ2) is 4.13. The van der Waals surface area contributed by atoms with Crippen molar-refractivity contribution in [3.8, 4) is 0 Å². The van der Waals surface area contributed by atoms with E-state index in [1.807, 2.05) is 4.90 Å². The number of rotatable bonds is 1. The molecule has 0 aliphatic carbocycles. The van der Waals surface area contributed by atoms with Crippen molar-refractivity contribution in [2.75, 3.05) is 26.2 Å². The molecule has 2 aliphatic heterocycles. The highest BCUT2D eigenvalue weighted by atomic mass is 16.2. The Hall–Kier alpha value is -0.830. The topological polar surface area (TPSA) is 32.3 Å². The lowest BCUT2D eigenvalue weighted by molar-refractivity contribution is -0.134. The van der Waals surface area contributed by atoms with Crippen LogP contribution in [0.5, 0.6) is 0 Å². The third-order valence-electron chi connectivity index (χ3n) is 3.16. The van der Waals surface area contributed by atoms with Crippen molar-refractivity contribution in [1.82, 2.24) is 10.2 Å². The van der Waals surface area contributed by atoms with E-state index in [0.717, 1.165) is 39.0 Å². The van der Waals surface area contributed by atoms with Gasteiger partial charge in [-0.05, 0) is 26.3 Å². The lowest BCUT2D eigenvalue weighted by Gasteiger charge is -2.27. The molecule has 0 aromatic rings. The van der Waals surface area contributed by atoms with E-state index in [1.165, 1.54) is 5.57 Å². The van der Waals surface area contributed by atoms with Crippen LogP contribution in [0.1, 0.15) is 19.8 Å². The average Bonchev–Trinajstić information content (AvgIpc) is 2.71. The minimum atomic E-state index is 0.238. The van der Waals surface area contributed by atoms with Crippen LogP contribution in [0, 0.1) is 5.92 Å². The van der Waals surface area contributed by atoms with Crippen LogP contribution in [0.25, 0.3) is 0 Å². The van der Waals surface area contributed by atoms with Crippen LogP contribution in [-0.2, 0) is 4.79 Å². The van der Waals surface area contributed by atoms with Crippen molar-refractivity contribution in [3.05, 3.63) is 11.6 Å². The number of carbonyl (C=O) groups is 1. The minimum absolute atomic E-state index is 0.238. The van der Waals surface area contributed by atoms with Gasteiger partial charge in [-0.25, -0.2) is 0 Å². The van der Waals surface area contributed by atoms with Crippen LogP contribution in [0.4, 0.5) is 0 Å². The fourth-order valence-electron chi connectivity index (χ4n) is 2.09. The van der Waals surface area contributed by atoms with Crippen LogP contribution in [0.3, 0.4) is 0 Å². The molecule has 0 aromatic carbocycles. The van der Waals surface area contributed by atoms with Crippen molar-refractivity contribution in [1.29, 1.82) is 0 Å². The monoisotopic (exact) mass is 194 g/mol. The average molecular weight is 194 g/mol. The first-order chi connectivity index (χ1) is 6.77. The number of hydrogen-bond acceptors (Lipinski definition) is 2. The van der Waals surface area contributed by atoms with Crippen LogP contribution in [-0.4, -0.2) is 37.0 Å². The standard InChI is InChI=1S/C11H18N2O/c1-9-3-6-13(7-4-9)11(14)10-2-5-12-8-10/h3,10,12H,2,4-8H2,1H3. The van der Waals surface area contributed by atoms with E-state index in [2.05, 4.69) is 18.3 Å². The Morgan fingerprint density at radius 2 is 2.50 bits per heavy atom. The third kappa shape index (κ3) is 1.98. The molecule has 1 N–H and O–H groups in total. The summed E-state index contributed by atoms with van der Waals surface area (Å²) >= 11 is 0. The first-order valence-corrected chi connectivity index (χ1v) is 5.42. The molecule has 1 saturated heterocycles. The Labute approximate surface area is 85.2 Å². The summed E-state index contributed by atoms with van der Waals surface area (Å²) < 4.78 is 0. The van der Waals surface area contributed by atoms with Crippen LogP contribution < -0.4 is 5.32 Å². The molecule has 3 nitrogen and oxygen atoms in total. The van der Waals surface area contributed by atoms with Gasteiger partial charge >= 0.3 is 0 Å². The van der Waals surface area contributed by atoms with Crippen molar-refractivity contribution >= 4 is 5.91 Å². The van der Waals surface area contributed by atoms with Gasteiger partial charge in [0.25, 0.3) is 0 Å². The highest BCUT2D eigenvalue weighted by Gasteiger charge is 2.27. The minimum Gasteiger partial charge on any atom is -0.338 e. The van der Waals surface area contributed by atoms with E-state index in [4.69, 9.17) is 0 Å². The van der Waals surface area contributed by atoms with Gasteiger partial charge in [0.05, 0.1) is 5.92 Å². The summed E-state index contributed by atoms with van der Waals surface area (Å²) in [6, 6.07) is 0. The molecule has 78 valence electrons. The Bertz CT molecular complexity index is 254. The van der Waals surface area contributed by atoms with E-state index in [1.54, 1.807) is 0 Å². The highest BCUT2D eigenvalue weighted by molar-refractivity contribution is 5.79. The second-order valence-corrected chi connectivity index (χ2v) is 4.27. The number of carbonyl (C=O) groups excluding carboxylic acids is 1. The van der Waals surface area contributed by atoms with Crippen molar-refractivity contribution in [2.24, 2.45) is 5.92 Å². The lowest BCUT2D eigenvalue weighted by Crippen LogP contribution is -2.39. The van der Waals surface area contributed by atoms with E-state index < -0.39 is 0 Å². The number of amides is 1. The quantitative estimate of drug-likeness (QED) is 0.625. The Morgan fingerprint density at radius 3 is 3.07 bits per heavy atom. The zero-order chi connectivity index (χ0) is 9.97. The van der Waals surface area contributed by atoms with E-state index in [-0.39, 0.29) is 5.92 Å². The number of hydrogen-bond donors (Lipinski definition) is 1. The molecule has 2 aliphatic rings. The molecule has 2 rings (SSSR count). The van der Waals surface area contributed by atoms with Gasteiger partial charge < -0.3 is 10.2 Å². The maximum absolute atomic E-state index is 12.0. The normalized spacial score (nSPS) is 27.6. The van der Waals surface area contributed by atoms with Crippen LogP contribution >= 0.6 is 0 Å². The fourth-order valence-corrected chi connectivity index (χ4v) is 2.09. The fraction of sp³-hybridized carbons (Fsp3) is 0.727. The molecule has 14 heavy (non-hydrogen) atoms. The van der Waals surface area contributed by atoms with Crippen molar-refractivity contribution < 1.29 is 4.79 Å². The van der Waals surface area contributed by atoms with Gasteiger partial charge in [0.2, 0.25) is 5.91 Å². The summed E-state index contributed by atoms with van der Waals surface area (Å²) in [5, 5.41) is 3.24. The lowest BCUT2D eigenvalue weighted by atomic mass is 10.0. The first kappa shape index (κ1) is 9.71. The van der Waals surface area contributed by atoms with Gasteiger partial charge in [-0.2, -0.15) is 0 Å². The summed E-state index contributed by atoms with van der Waals surface area (Å²) in [6.45, 7) is 5.74.